The first-order valence-corrected chi connectivity index (χ1v) is 8.30. The molecule has 2 aliphatic rings. The predicted molar refractivity (Wildman–Crippen MR) is 80.1 cm³/mol. The van der Waals surface area contributed by atoms with Gasteiger partial charge in [0, 0.05) is 12.4 Å². The minimum atomic E-state index is 0.806. The van der Waals surface area contributed by atoms with Gasteiger partial charge in [-0.05, 0) is 67.1 Å². The maximum atomic E-state index is 4.22. The fourth-order valence-electron chi connectivity index (χ4n) is 4.35. The lowest BCUT2D eigenvalue weighted by Crippen LogP contribution is -2.25. The summed E-state index contributed by atoms with van der Waals surface area (Å²) in [5, 5.41) is 0. The summed E-state index contributed by atoms with van der Waals surface area (Å²) in [6.07, 6.45) is 15.6. The number of hydrogen-bond acceptors (Lipinski definition) is 1. The highest BCUT2D eigenvalue weighted by Gasteiger charge is 2.39. The van der Waals surface area contributed by atoms with E-state index in [0.717, 1.165) is 23.7 Å². The van der Waals surface area contributed by atoms with Gasteiger partial charge < -0.3 is 0 Å². The Labute approximate surface area is 117 Å². The third kappa shape index (κ3) is 3.01. The van der Waals surface area contributed by atoms with E-state index in [1.165, 1.54) is 51.4 Å². The van der Waals surface area contributed by atoms with Crippen molar-refractivity contribution in [2.75, 3.05) is 0 Å². The molecular weight excluding hydrogens is 230 g/mol. The second-order valence-electron chi connectivity index (χ2n) is 6.61. The van der Waals surface area contributed by atoms with Crippen LogP contribution in [0.2, 0.25) is 0 Å². The molecule has 2 atom stereocenters. The van der Waals surface area contributed by atoms with Crippen molar-refractivity contribution in [1.29, 1.82) is 0 Å². The van der Waals surface area contributed by atoms with Crippen molar-refractivity contribution in [3.63, 3.8) is 0 Å². The molecule has 0 aromatic carbocycles. The molecule has 0 amide bonds. The maximum absolute atomic E-state index is 4.22. The van der Waals surface area contributed by atoms with Crippen LogP contribution >= 0.6 is 0 Å². The van der Waals surface area contributed by atoms with Crippen molar-refractivity contribution in [2.45, 2.75) is 64.2 Å². The van der Waals surface area contributed by atoms with Gasteiger partial charge in [-0.2, -0.15) is 0 Å². The normalized spacial score (nSPS) is 24.1. The molecular formula is C18H27N. The molecule has 2 saturated carbocycles. The Balaban J connectivity index is 1.85. The van der Waals surface area contributed by atoms with Crippen LogP contribution < -0.4 is 0 Å². The van der Waals surface area contributed by atoms with E-state index >= 15 is 0 Å². The molecule has 1 aromatic rings. The van der Waals surface area contributed by atoms with Gasteiger partial charge >= 0.3 is 0 Å². The SMILES string of the molecule is CCC(C1CC1)C(c1ccncc1)C1CCCCC1. The Hall–Kier alpha value is -0.850. The van der Waals surface area contributed by atoms with Crippen molar-refractivity contribution in [3.05, 3.63) is 30.1 Å². The molecule has 19 heavy (non-hydrogen) atoms. The average molecular weight is 257 g/mol. The lowest BCUT2D eigenvalue weighted by molar-refractivity contribution is 0.220. The Morgan fingerprint density at radius 2 is 1.68 bits per heavy atom. The summed E-state index contributed by atoms with van der Waals surface area (Å²) in [5.41, 5.74) is 1.57. The van der Waals surface area contributed by atoms with E-state index in [1.807, 2.05) is 12.4 Å². The van der Waals surface area contributed by atoms with Crippen molar-refractivity contribution in [1.82, 2.24) is 4.98 Å². The van der Waals surface area contributed by atoms with Crippen molar-refractivity contribution < 1.29 is 0 Å². The zero-order valence-corrected chi connectivity index (χ0v) is 12.2. The monoisotopic (exact) mass is 257 g/mol. The molecule has 0 bridgehead atoms. The van der Waals surface area contributed by atoms with E-state index in [4.69, 9.17) is 0 Å². The summed E-state index contributed by atoms with van der Waals surface area (Å²) in [7, 11) is 0. The van der Waals surface area contributed by atoms with Crippen molar-refractivity contribution in [3.8, 4) is 0 Å². The van der Waals surface area contributed by atoms with E-state index in [-0.39, 0.29) is 0 Å². The maximum Gasteiger partial charge on any atom is 0.0270 e. The van der Waals surface area contributed by atoms with E-state index < -0.39 is 0 Å². The predicted octanol–water partition coefficient (Wildman–Crippen LogP) is 5.18. The van der Waals surface area contributed by atoms with Crippen LogP contribution in [-0.4, -0.2) is 4.98 Å². The molecule has 0 radical (unpaired) electrons. The van der Waals surface area contributed by atoms with Crippen LogP contribution in [0, 0.1) is 17.8 Å². The minimum absolute atomic E-state index is 0.806. The first-order chi connectivity index (χ1) is 9.40. The second kappa shape index (κ2) is 6.07. The summed E-state index contributed by atoms with van der Waals surface area (Å²) in [6, 6.07) is 4.56. The molecule has 1 heterocycles. The van der Waals surface area contributed by atoms with Crippen LogP contribution in [-0.2, 0) is 0 Å². The van der Waals surface area contributed by atoms with Gasteiger partial charge in [0.25, 0.3) is 0 Å². The largest absolute Gasteiger partial charge is 0.265 e. The van der Waals surface area contributed by atoms with Crippen LogP contribution in [0.4, 0.5) is 0 Å². The Bertz CT molecular complexity index is 376. The van der Waals surface area contributed by atoms with Crippen molar-refractivity contribution >= 4 is 0 Å². The van der Waals surface area contributed by atoms with E-state index in [2.05, 4.69) is 24.0 Å². The Morgan fingerprint density at radius 1 is 1.00 bits per heavy atom. The zero-order chi connectivity index (χ0) is 13.1. The average Bonchev–Trinajstić information content (AvgIpc) is 3.31. The number of hydrogen-bond donors (Lipinski definition) is 0. The molecule has 1 aromatic heterocycles. The molecule has 2 unspecified atom stereocenters. The number of nitrogens with zero attached hydrogens (tertiary/aromatic N) is 1. The van der Waals surface area contributed by atoms with Gasteiger partial charge in [0.15, 0.2) is 0 Å². The molecule has 1 heteroatoms. The van der Waals surface area contributed by atoms with Gasteiger partial charge in [0.1, 0.15) is 0 Å². The summed E-state index contributed by atoms with van der Waals surface area (Å²) < 4.78 is 0. The summed E-state index contributed by atoms with van der Waals surface area (Å²) >= 11 is 0. The third-order valence-corrected chi connectivity index (χ3v) is 5.41. The number of pyridine rings is 1. The smallest absolute Gasteiger partial charge is 0.0270 e. The standard InChI is InChI=1S/C18H27N/c1-2-17(14-8-9-14)18(15-6-4-3-5-7-15)16-10-12-19-13-11-16/h10-15,17-18H,2-9H2,1H3. The lowest BCUT2D eigenvalue weighted by atomic mass is 9.69. The van der Waals surface area contributed by atoms with Gasteiger partial charge in [-0.25, -0.2) is 0 Å². The van der Waals surface area contributed by atoms with E-state index in [0.29, 0.717) is 0 Å². The molecule has 1 nitrogen and oxygen atoms in total. The Morgan fingerprint density at radius 3 is 2.26 bits per heavy atom. The highest BCUT2D eigenvalue weighted by Crippen LogP contribution is 2.50. The molecule has 0 saturated heterocycles. The van der Waals surface area contributed by atoms with Crippen molar-refractivity contribution in [2.24, 2.45) is 17.8 Å². The lowest BCUT2D eigenvalue weighted by Gasteiger charge is -2.36. The number of aromatic nitrogens is 1. The fourth-order valence-corrected chi connectivity index (χ4v) is 4.35. The molecule has 2 aliphatic carbocycles. The zero-order valence-electron chi connectivity index (χ0n) is 12.2. The van der Waals surface area contributed by atoms with Crippen LogP contribution in [0.15, 0.2) is 24.5 Å². The number of rotatable bonds is 5. The molecule has 0 aliphatic heterocycles. The topological polar surface area (TPSA) is 12.9 Å². The Kier molecular flexibility index (Phi) is 4.20. The van der Waals surface area contributed by atoms with Gasteiger partial charge in [-0.15, -0.1) is 0 Å². The first kappa shape index (κ1) is 13.1. The highest BCUT2D eigenvalue weighted by molar-refractivity contribution is 5.19. The fraction of sp³-hybridized carbons (Fsp3) is 0.722. The second-order valence-corrected chi connectivity index (χ2v) is 6.61. The van der Waals surface area contributed by atoms with Crippen LogP contribution in [0.5, 0.6) is 0 Å². The van der Waals surface area contributed by atoms with Crippen LogP contribution in [0.3, 0.4) is 0 Å². The molecule has 3 rings (SSSR count). The van der Waals surface area contributed by atoms with E-state index in [9.17, 15) is 0 Å². The minimum Gasteiger partial charge on any atom is -0.265 e. The quantitative estimate of drug-likeness (QED) is 0.708. The summed E-state index contributed by atoms with van der Waals surface area (Å²) in [4.78, 5) is 4.22. The van der Waals surface area contributed by atoms with Gasteiger partial charge in [-0.3, -0.25) is 4.98 Å². The highest BCUT2D eigenvalue weighted by atomic mass is 14.6. The van der Waals surface area contributed by atoms with Gasteiger partial charge in [0.2, 0.25) is 0 Å². The van der Waals surface area contributed by atoms with Gasteiger partial charge in [-0.1, -0.05) is 32.6 Å². The van der Waals surface area contributed by atoms with Gasteiger partial charge in [0.05, 0.1) is 0 Å². The van der Waals surface area contributed by atoms with E-state index in [1.54, 1.807) is 5.56 Å². The third-order valence-electron chi connectivity index (χ3n) is 5.41. The first-order valence-electron chi connectivity index (χ1n) is 8.30. The molecule has 2 fully saturated rings. The van der Waals surface area contributed by atoms with Crippen LogP contribution in [0.1, 0.15) is 69.8 Å². The summed E-state index contributed by atoms with van der Waals surface area (Å²) in [5.74, 6) is 3.68. The molecule has 0 N–H and O–H groups in total. The molecule has 104 valence electrons. The summed E-state index contributed by atoms with van der Waals surface area (Å²) in [6.45, 7) is 2.40. The van der Waals surface area contributed by atoms with Crippen LogP contribution in [0.25, 0.3) is 0 Å². The molecule has 0 spiro atoms.